The standard InChI is InChI=1S/C16H17ClN2O2S/c1-2-3-7-10-20-16(22)21-13-11-14(17)18-19-15(13)12-8-5-4-6-9-12/h4-6,8-9,11H,2-3,7,10H2,1H3. The fourth-order valence-electron chi connectivity index (χ4n) is 1.85. The monoisotopic (exact) mass is 336 g/mol. The number of halogens is 1. The van der Waals surface area contributed by atoms with Gasteiger partial charge in [-0.3, -0.25) is 0 Å². The molecule has 6 heteroatoms. The minimum Gasteiger partial charge on any atom is -0.457 e. The topological polar surface area (TPSA) is 44.2 Å². The van der Waals surface area contributed by atoms with E-state index in [-0.39, 0.29) is 10.4 Å². The fraction of sp³-hybridized carbons (Fsp3) is 0.312. The molecule has 0 N–H and O–H groups in total. The van der Waals surface area contributed by atoms with Crippen LogP contribution in [0.3, 0.4) is 0 Å². The number of benzene rings is 1. The maximum Gasteiger partial charge on any atom is 0.357 e. The molecule has 0 amide bonds. The summed E-state index contributed by atoms with van der Waals surface area (Å²) in [5.74, 6) is 0.437. The third kappa shape index (κ3) is 4.93. The molecule has 1 aromatic heterocycles. The van der Waals surface area contributed by atoms with Gasteiger partial charge in [-0.15, -0.1) is 10.2 Å². The summed E-state index contributed by atoms with van der Waals surface area (Å²) >= 11 is 11.0. The molecular weight excluding hydrogens is 320 g/mol. The van der Waals surface area contributed by atoms with Crippen LogP contribution in [0, 0.1) is 0 Å². The number of ether oxygens (including phenoxy) is 2. The Labute approximate surface area is 140 Å². The highest BCUT2D eigenvalue weighted by Gasteiger charge is 2.13. The van der Waals surface area contributed by atoms with Gasteiger partial charge in [0.1, 0.15) is 5.69 Å². The predicted molar refractivity (Wildman–Crippen MR) is 91.2 cm³/mol. The van der Waals surface area contributed by atoms with E-state index in [0.717, 1.165) is 24.8 Å². The molecule has 116 valence electrons. The summed E-state index contributed by atoms with van der Waals surface area (Å²) in [6.07, 6.45) is 3.17. The molecule has 0 saturated carbocycles. The molecule has 0 unspecified atom stereocenters. The van der Waals surface area contributed by atoms with Crippen LogP contribution in [0.5, 0.6) is 5.75 Å². The first-order chi connectivity index (χ1) is 10.7. The van der Waals surface area contributed by atoms with Crippen molar-refractivity contribution in [3.63, 3.8) is 0 Å². The summed E-state index contributed by atoms with van der Waals surface area (Å²) in [7, 11) is 0. The van der Waals surface area contributed by atoms with Crippen LogP contribution in [0.2, 0.25) is 5.15 Å². The maximum atomic E-state index is 5.90. The smallest absolute Gasteiger partial charge is 0.357 e. The summed E-state index contributed by atoms with van der Waals surface area (Å²) in [6.45, 7) is 2.67. The van der Waals surface area contributed by atoms with Crippen LogP contribution in [0.15, 0.2) is 36.4 Å². The lowest BCUT2D eigenvalue weighted by Gasteiger charge is -2.11. The largest absolute Gasteiger partial charge is 0.457 e. The molecule has 2 rings (SSSR count). The Morgan fingerprint density at radius 3 is 2.68 bits per heavy atom. The average Bonchev–Trinajstić information content (AvgIpc) is 2.53. The third-order valence-corrected chi connectivity index (χ3v) is 3.32. The van der Waals surface area contributed by atoms with E-state index in [1.54, 1.807) is 6.07 Å². The van der Waals surface area contributed by atoms with E-state index in [1.807, 2.05) is 30.3 Å². The summed E-state index contributed by atoms with van der Waals surface area (Å²) in [4.78, 5) is 0. The number of nitrogens with zero attached hydrogens (tertiary/aromatic N) is 2. The van der Waals surface area contributed by atoms with Crippen LogP contribution in [-0.4, -0.2) is 22.0 Å². The Kier molecular flexibility index (Phi) is 6.55. The maximum absolute atomic E-state index is 5.90. The highest BCUT2D eigenvalue weighted by molar-refractivity contribution is 7.79. The van der Waals surface area contributed by atoms with E-state index in [4.69, 9.17) is 33.3 Å². The van der Waals surface area contributed by atoms with Crippen LogP contribution in [0.4, 0.5) is 0 Å². The van der Waals surface area contributed by atoms with Crippen LogP contribution in [-0.2, 0) is 4.74 Å². The van der Waals surface area contributed by atoms with Gasteiger partial charge in [0.2, 0.25) is 0 Å². The highest BCUT2D eigenvalue weighted by Crippen LogP contribution is 2.29. The normalized spacial score (nSPS) is 10.3. The van der Waals surface area contributed by atoms with E-state index >= 15 is 0 Å². The van der Waals surface area contributed by atoms with Crippen molar-refractivity contribution in [2.24, 2.45) is 0 Å². The van der Waals surface area contributed by atoms with Gasteiger partial charge in [-0.25, -0.2) is 0 Å². The lowest BCUT2D eigenvalue weighted by molar-refractivity contribution is 0.241. The van der Waals surface area contributed by atoms with Gasteiger partial charge >= 0.3 is 5.24 Å². The van der Waals surface area contributed by atoms with Crippen molar-refractivity contribution in [1.29, 1.82) is 0 Å². The molecule has 0 aliphatic carbocycles. The minimum atomic E-state index is 0.0670. The van der Waals surface area contributed by atoms with Crippen molar-refractivity contribution in [3.8, 4) is 17.0 Å². The Morgan fingerprint density at radius 2 is 1.95 bits per heavy atom. The quantitative estimate of drug-likeness (QED) is 0.566. The lowest BCUT2D eigenvalue weighted by atomic mass is 10.1. The first-order valence-corrected chi connectivity index (χ1v) is 7.92. The molecule has 0 aliphatic heterocycles. The lowest BCUT2D eigenvalue weighted by Crippen LogP contribution is -2.12. The summed E-state index contributed by atoms with van der Waals surface area (Å²) in [5.41, 5.74) is 1.44. The number of thiocarbonyl (C=S) groups is 1. The van der Waals surface area contributed by atoms with Gasteiger partial charge in [-0.1, -0.05) is 61.7 Å². The Bertz CT molecular complexity index is 623. The van der Waals surface area contributed by atoms with Crippen LogP contribution in [0.1, 0.15) is 26.2 Å². The Balaban J connectivity index is 2.09. The summed E-state index contributed by atoms with van der Waals surface area (Å²) in [6, 6.07) is 11.2. The molecular formula is C16H17ClN2O2S. The fourth-order valence-corrected chi connectivity index (χ4v) is 2.16. The van der Waals surface area contributed by atoms with Crippen molar-refractivity contribution in [1.82, 2.24) is 10.2 Å². The Hall–Kier alpha value is -1.72. The van der Waals surface area contributed by atoms with Crippen molar-refractivity contribution >= 4 is 29.1 Å². The van der Waals surface area contributed by atoms with E-state index in [0.29, 0.717) is 18.1 Å². The first-order valence-electron chi connectivity index (χ1n) is 7.14. The molecule has 0 spiro atoms. The summed E-state index contributed by atoms with van der Waals surface area (Å²) < 4.78 is 11.0. The van der Waals surface area contributed by atoms with E-state index in [1.165, 1.54) is 0 Å². The second-order valence-electron chi connectivity index (χ2n) is 4.65. The average molecular weight is 337 g/mol. The number of rotatable bonds is 6. The van der Waals surface area contributed by atoms with Gasteiger partial charge < -0.3 is 9.47 Å². The number of aromatic nitrogens is 2. The van der Waals surface area contributed by atoms with Gasteiger partial charge in [0.15, 0.2) is 10.9 Å². The van der Waals surface area contributed by atoms with Crippen molar-refractivity contribution < 1.29 is 9.47 Å². The van der Waals surface area contributed by atoms with E-state index in [9.17, 15) is 0 Å². The van der Waals surface area contributed by atoms with E-state index in [2.05, 4.69) is 17.1 Å². The molecule has 1 aromatic carbocycles. The minimum absolute atomic E-state index is 0.0670. The molecule has 0 fully saturated rings. The first kappa shape index (κ1) is 16.6. The highest BCUT2D eigenvalue weighted by atomic mass is 35.5. The van der Waals surface area contributed by atoms with Crippen LogP contribution in [0.25, 0.3) is 11.3 Å². The molecule has 1 heterocycles. The third-order valence-electron chi connectivity index (χ3n) is 2.94. The second-order valence-corrected chi connectivity index (χ2v) is 5.37. The molecule has 2 aromatic rings. The van der Waals surface area contributed by atoms with Gasteiger partial charge in [-0.05, 0) is 6.42 Å². The molecule has 0 aliphatic rings. The number of hydrogen-bond donors (Lipinski definition) is 0. The molecule has 0 bridgehead atoms. The molecule has 0 atom stereocenters. The Morgan fingerprint density at radius 1 is 1.18 bits per heavy atom. The van der Waals surface area contributed by atoms with Gasteiger partial charge in [0.25, 0.3) is 0 Å². The van der Waals surface area contributed by atoms with E-state index < -0.39 is 0 Å². The van der Waals surface area contributed by atoms with Crippen molar-refractivity contribution in [2.75, 3.05) is 6.61 Å². The molecule has 0 saturated heterocycles. The zero-order chi connectivity index (χ0) is 15.8. The molecule has 0 radical (unpaired) electrons. The van der Waals surface area contributed by atoms with Gasteiger partial charge in [0.05, 0.1) is 6.61 Å². The number of unbranched alkanes of at least 4 members (excludes halogenated alkanes) is 2. The van der Waals surface area contributed by atoms with Crippen LogP contribution < -0.4 is 4.74 Å². The SMILES string of the molecule is CCCCCOC(=S)Oc1cc(Cl)nnc1-c1ccccc1. The molecule has 4 nitrogen and oxygen atoms in total. The van der Waals surface area contributed by atoms with Crippen LogP contribution >= 0.6 is 23.8 Å². The zero-order valence-corrected chi connectivity index (χ0v) is 13.9. The predicted octanol–water partition coefficient (Wildman–Crippen LogP) is 4.67. The molecule has 22 heavy (non-hydrogen) atoms. The second kappa shape index (κ2) is 8.66. The van der Waals surface area contributed by atoms with Gasteiger partial charge in [0, 0.05) is 23.8 Å². The van der Waals surface area contributed by atoms with Crippen molar-refractivity contribution in [2.45, 2.75) is 26.2 Å². The zero-order valence-electron chi connectivity index (χ0n) is 12.3. The summed E-state index contributed by atoms with van der Waals surface area (Å²) in [5, 5.41) is 8.26. The van der Waals surface area contributed by atoms with Gasteiger partial charge in [-0.2, -0.15) is 0 Å². The number of hydrogen-bond acceptors (Lipinski definition) is 5. The van der Waals surface area contributed by atoms with Crippen molar-refractivity contribution in [3.05, 3.63) is 41.6 Å².